The van der Waals surface area contributed by atoms with E-state index in [0.717, 1.165) is 57.0 Å². The van der Waals surface area contributed by atoms with Crippen LogP contribution in [0.2, 0.25) is 0 Å². The number of nitrogens with zero attached hydrogens (tertiary/aromatic N) is 1. The Kier molecular flexibility index (Phi) is 3.43. The van der Waals surface area contributed by atoms with Crippen LogP contribution in [0.25, 0.3) is 0 Å². The maximum atomic E-state index is 14.0. The van der Waals surface area contributed by atoms with E-state index < -0.39 is 17.5 Å². The van der Waals surface area contributed by atoms with Gasteiger partial charge < -0.3 is 15.0 Å². The highest BCUT2D eigenvalue weighted by Crippen LogP contribution is 2.48. The molecule has 3 fully saturated rings. The summed E-state index contributed by atoms with van der Waals surface area (Å²) < 4.78 is 33.8. The van der Waals surface area contributed by atoms with Crippen molar-refractivity contribution < 1.29 is 18.3 Å². The largest absolute Gasteiger partial charge is 0.365 e. The van der Waals surface area contributed by atoms with Gasteiger partial charge in [0.05, 0.1) is 29.9 Å². The number of hydrogen-bond donors (Lipinski definition) is 1. The number of morpholine rings is 1. The number of carbonyl (C=O) groups is 1. The minimum atomic E-state index is -0.674. The molecule has 2 aliphatic heterocycles. The van der Waals surface area contributed by atoms with Crippen molar-refractivity contribution in [3.63, 3.8) is 0 Å². The fraction of sp³-hybridized carbons (Fsp3) is 0.588. The number of ether oxygens (including phenoxy) is 1. The van der Waals surface area contributed by atoms with Crippen molar-refractivity contribution in [2.24, 2.45) is 0 Å². The molecule has 2 saturated heterocycles. The van der Waals surface area contributed by atoms with Crippen molar-refractivity contribution in [1.82, 2.24) is 10.2 Å². The lowest BCUT2D eigenvalue weighted by Crippen LogP contribution is -2.61. The average molecular weight is 322 g/mol. The maximum Gasteiger partial charge on any atom is 0.257 e. The molecular weight excluding hydrogens is 302 g/mol. The molecule has 1 aromatic carbocycles. The van der Waals surface area contributed by atoms with Crippen LogP contribution in [0.3, 0.4) is 0 Å². The predicted octanol–water partition coefficient (Wildman–Crippen LogP) is 2.09. The SMILES string of the molecule is O=C(c1cc(F)ccc1F)N1CC2(CCNCC2)OC2(CC2)C1. The van der Waals surface area contributed by atoms with Gasteiger partial charge in [-0.25, -0.2) is 8.78 Å². The molecule has 1 amide bonds. The fourth-order valence-electron chi connectivity index (χ4n) is 3.79. The second kappa shape index (κ2) is 5.24. The summed E-state index contributed by atoms with van der Waals surface area (Å²) in [5.41, 5.74) is -0.805. The summed E-state index contributed by atoms with van der Waals surface area (Å²) in [5.74, 6) is -1.71. The van der Waals surface area contributed by atoms with Crippen LogP contribution in [0.15, 0.2) is 18.2 Å². The van der Waals surface area contributed by atoms with E-state index in [2.05, 4.69) is 5.32 Å². The van der Waals surface area contributed by atoms with Gasteiger partial charge in [-0.15, -0.1) is 0 Å². The summed E-state index contributed by atoms with van der Waals surface area (Å²) in [4.78, 5) is 14.4. The quantitative estimate of drug-likeness (QED) is 0.861. The Morgan fingerprint density at radius 1 is 1.09 bits per heavy atom. The summed E-state index contributed by atoms with van der Waals surface area (Å²) in [6.07, 6.45) is 3.53. The first-order valence-electron chi connectivity index (χ1n) is 8.16. The zero-order valence-corrected chi connectivity index (χ0v) is 12.9. The van der Waals surface area contributed by atoms with Gasteiger partial charge >= 0.3 is 0 Å². The first kappa shape index (κ1) is 15.0. The van der Waals surface area contributed by atoms with Crippen molar-refractivity contribution in [3.8, 4) is 0 Å². The van der Waals surface area contributed by atoms with Gasteiger partial charge in [-0.1, -0.05) is 0 Å². The first-order chi connectivity index (χ1) is 11.0. The standard InChI is InChI=1S/C17H20F2N2O2/c18-12-1-2-14(19)13(9-12)15(22)21-10-16(3-4-16)23-17(11-21)5-7-20-8-6-17/h1-2,9,20H,3-8,10-11H2. The van der Waals surface area contributed by atoms with Gasteiger partial charge in [-0.3, -0.25) is 4.79 Å². The third kappa shape index (κ3) is 2.74. The number of hydrogen-bond acceptors (Lipinski definition) is 3. The number of rotatable bonds is 1. The van der Waals surface area contributed by atoms with Crippen LogP contribution in [-0.2, 0) is 4.74 Å². The van der Waals surface area contributed by atoms with Gasteiger partial charge in [0, 0.05) is 0 Å². The lowest BCUT2D eigenvalue weighted by molar-refractivity contribution is -0.170. The topological polar surface area (TPSA) is 41.6 Å². The highest BCUT2D eigenvalue weighted by Gasteiger charge is 2.56. The molecule has 4 nitrogen and oxygen atoms in total. The number of benzene rings is 1. The summed E-state index contributed by atoms with van der Waals surface area (Å²) in [6, 6.07) is 3.03. The molecule has 1 aliphatic carbocycles. The molecule has 6 heteroatoms. The molecule has 4 rings (SSSR count). The Balaban J connectivity index is 1.62. The number of nitrogens with one attached hydrogen (secondary N) is 1. The lowest BCUT2D eigenvalue weighted by atomic mass is 9.88. The van der Waals surface area contributed by atoms with Crippen LogP contribution >= 0.6 is 0 Å². The van der Waals surface area contributed by atoms with Crippen LogP contribution in [-0.4, -0.2) is 48.2 Å². The van der Waals surface area contributed by atoms with E-state index in [4.69, 9.17) is 4.74 Å². The zero-order chi connectivity index (χ0) is 16.1. The van der Waals surface area contributed by atoms with Crippen molar-refractivity contribution in [1.29, 1.82) is 0 Å². The Morgan fingerprint density at radius 3 is 2.39 bits per heavy atom. The van der Waals surface area contributed by atoms with E-state index in [-0.39, 0.29) is 16.8 Å². The smallest absolute Gasteiger partial charge is 0.257 e. The molecule has 124 valence electrons. The molecule has 0 aromatic heterocycles. The fourth-order valence-corrected chi connectivity index (χ4v) is 3.79. The Hall–Kier alpha value is -1.53. The van der Waals surface area contributed by atoms with Crippen LogP contribution in [0.4, 0.5) is 8.78 Å². The van der Waals surface area contributed by atoms with E-state index in [1.807, 2.05) is 0 Å². The Bertz CT molecular complexity index is 639. The van der Waals surface area contributed by atoms with Gasteiger partial charge in [-0.05, 0) is 57.0 Å². The van der Waals surface area contributed by atoms with Crippen molar-refractivity contribution >= 4 is 5.91 Å². The van der Waals surface area contributed by atoms with Crippen LogP contribution < -0.4 is 5.32 Å². The number of halogens is 2. The molecular formula is C17H20F2N2O2. The minimum Gasteiger partial charge on any atom is -0.365 e. The van der Waals surface area contributed by atoms with E-state index in [9.17, 15) is 13.6 Å². The van der Waals surface area contributed by atoms with Gasteiger partial charge in [0.1, 0.15) is 11.6 Å². The molecule has 1 aromatic rings. The van der Waals surface area contributed by atoms with Crippen molar-refractivity contribution in [3.05, 3.63) is 35.4 Å². The third-order valence-electron chi connectivity index (χ3n) is 5.16. The molecule has 0 unspecified atom stereocenters. The van der Waals surface area contributed by atoms with Crippen LogP contribution in [0.1, 0.15) is 36.0 Å². The summed E-state index contributed by atoms with van der Waals surface area (Å²) >= 11 is 0. The van der Waals surface area contributed by atoms with E-state index in [0.29, 0.717) is 13.1 Å². The summed E-state index contributed by atoms with van der Waals surface area (Å²) in [5, 5.41) is 3.30. The van der Waals surface area contributed by atoms with E-state index in [1.54, 1.807) is 4.90 Å². The average Bonchev–Trinajstić information content (AvgIpc) is 3.27. The predicted molar refractivity (Wildman–Crippen MR) is 80.1 cm³/mol. The van der Waals surface area contributed by atoms with E-state index >= 15 is 0 Å². The minimum absolute atomic E-state index is 0.188. The monoisotopic (exact) mass is 322 g/mol. The number of amides is 1. The van der Waals surface area contributed by atoms with Crippen LogP contribution in [0, 0.1) is 11.6 Å². The van der Waals surface area contributed by atoms with Gasteiger partial charge in [-0.2, -0.15) is 0 Å². The maximum absolute atomic E-state index is 14.0. The van der Waals surface area contributed by atoms with Crippen molar-refractivity contribution in [2.75, 3.05) is 26.2 Å². The van der Waals surface area contributed by atoms with Crippen LogP contribution in [0.5, 0.6) is 0 Å². The zero-order valence-electron chi connectivity index (χ0n) is 12.9. The Labute approximate surface area is 133 Å². The highest BCUT2D eigenvalue weighted by atomic mass is 19.1. The third-order valence-corrected chi connectivity index (χ3v) is 5.16. The van der Waals surface area contributed by atoms with E-state index in [1.165, 1.54) is 0 Å². The number of carbonyl (C=O) groups excluding carboxylic acids is 1. The highest BCUT2D eigenvalue weighted by molar-refractivity contribution is 5.94. The molecule has 0 bridgehead atoms. The molecule has 2 heterocycles. The van der Waals surface area contributed by atoms with Gasteiger partial charge in [0.2, 0.25) is 0 Å². The first-order valence-corrected chi connectivity index (χ1v) is 8.16. The molecule has 3 aliphatic rings. The molecule has 23 heavy (non-hydrogen) atoms. The summed E-state index contributed by atoms with van der Waals surface area (Å²) in [6.45, 7) is 2.63. The van der Waals surface area contributed by atoms with Crippen molar-refractivity contribution in [2.45, 2.75) is 36.9 Å². The molecule has 0 atom stereocenters. The summed E-state index contributed by atoms with van der Waals surface area (Å²) in [7, 11) is 0. The molecule has 2 spiro atoms. The van der Waals surface area contributed by atoms with Gasteiger partial charge in [0.25, 0.3) is 5.91 Å². The molecule has 1 saturated carbocycles. The van der Waals surface area contributed by atoms with Gasteiger partial charge in [0.15, 0.2) is 0 Å². The molecule has 1 N–H and O–H groups in total. The normalized spacial score (nSPS) is 24.9. The number of piperidine rings is 1. The second-order valence-corrected chi connectivity index (χ2v) is 7.00. The molecule has 0 radical (unpaired) electrons. The lowest BCUT2D eigenvalue weighted by Gasteiger charge is -2.49. The Morgan fingerprint density at radius 2 is 1.74 bits per heavy atom. The second-order valence-electron chi connectivity index (χ2n) is 7.00.